The molecule has 0 spiro atoms. The van der Waals surface area contributed by atoms with Crippen LogP contribution in [0.1, 0.15) is 18.7 Å². The Morgan fingerprint density at radius 2 is 1.85 bits per heavy atom. The van der Waals surface area contributed by atoms with Crippen molar-refractivity contribution in [3.63, 3.8) is 0 Å². The largest absolute Gasteiger partial charge is 0.379 e. The van der Waals surface area contributed by atoms with Gasteiger partial charge in [-0.05, 0) is 18.4 Å². The van der Waals surface area contributed by atoms with Gasteiger partial charge in [-0.15, -0.1) is 0 Å². The molecule has 1 aromatic heterocycles. The van der Waals surface area contributed by atoms with Crippen LogP contribution >= 0.6 is 11.6 Å². The van der Waals surface area contributed by atoms with Gasteiger partial charge < -0.3 is 4.74 Å². The molecular weight excluding hydrogens is 274 g/mol. The van der Waals surface area contributed by atoms with Crippen LogP contribution in [0.2, 0.25) is 5.02 Å². The Balaban J connectivity index is 1.75. The maximum absolute atomic E-state index is 5.77. The fourth-order valence-electron chi connectivity index (χ4n) is 2.09. The van der Waals surface area contributed by atoms with Gasteiger partial charge >= 0.3 is 0 Å². The van der Waals surface area contributed by atoms with Crippen LogP contribution in [-0.2, 0) is 4.74 Å². The van der Waals surface area contributed by atoms with Crippen molar-refractivity contribution in [2.24, 2.45) is 0 Å². The summed E-state index contributed by atoms with van der Waals surface area (Å²) in [5.41, 5.74) is 2.13. The molecule has 5 heteroatoms. The summed E-state index contributed by atoms with van der Waals surface area (Å²) in [6.07, 6.45) is 4.92. The first-order valence-corrected chi connectivity index (χ1v) is 7.15. The standard InChI is InChI=1S/C15H20ClN3O/c1-12(11-19-5-7-20-8-6-19)3-4-13(2)15-17-9-14(16)10-18-15/h9-10H,1-8,11H2. The highest BCUT2D eigenvalue weighted by atomic mass is 35.5. The first-order valence-electron chi connectivity index (χ1n) is 6.77. The molecule has 108 valence electrons. The molecule has 0 atom stereocenters. The third-order valence-electron chi connectivity index (χ3n) is 3.27. The molecule has 0 saturated carbocycles. The lowest BCUT2D eigenvalue weighted by Crippen LogP contribution is -2.37. The fraction of sp³-hybridized carbons (Fsp3) is 0.467. The number of halogens is 1. The van der Waals surface area contributed by atoms with E-state index in [1.807, 2.05) is 0 Å². The SMILES string of the molecule is C=C(CCC(=C)c1ncc(Cl)cn1)CN1CCOCC1. The van der Waals surface area contributed by atoms with E-state index in [2.05, 4.69) is 28.0 Å². The molecule has 0 radical (unpaired) electrons. The molecule has 1 fully saturated rings. The van der Waals surface area contributed by atoms with Gasteiger partial charge in [0.2, 0.25) is 0 Å². The van der Waals surface area contributed by atoms with Crippen molar-refractivity contribution in [3.05, 3.63) is 42.0 Å². The summed E-state index contributed by atoms with van der Waals surface area (Å²) in [6.45, 7) is 12.7. The zero-order chi connectivity index (χ0) is 14.4. The summed E-state index contributed by atoms with van der Waals surface area (Å²) in [7, 11) is 0. The molecule has 20 heavy (non-hydrogen) atoms. The molecule has 4 nitrogen and oxygen atoms in total. The summed E-state index contributed by atoms with van der Waals surface area (Å²) in [5.74, 6) is 0.661. The average molecular weight is 294 g/mol. The summed E-state index contributed by atoms with van der Waals surface area (Å²) < 4.78 is 5.33. The molecule has 1 saturated heterocycles. The second-order valence-corrected chi connectivity index (χ2v) is 5.40. The molecule has 1 aliphatic heterocycles. The Labute approximate surface area is 125 Å². The Hall–Kier alpha value is -1.23. The van der Waals surface area contributed by atoms with Crippen LogP contribution in [-0.4, -0.2) is 47.7 Å². The van der Waals surface area contributed by atoms with Crippen molar-refractivity contribution in [3.8, 4) is 0 Å². The van der Waals surface area contributed by atoms with Crippen LogP contribution in [0.15, 0.2) is 31.1 Å². The van der Waals surface area contributed by atoms with Crippen molar-refractivity contribution in [1.82, 2.24) is 14.9 Å². The lowest BCUT2D eigenvalue weighted by molar-refractivity contribution is 0.0420. The predicted molar refractivity (Wildman–Crippen MR) is 81.7 cm³/mol. The smallest absolute Gasteiger partial charge is 0.154 e. The van der Waals surface area contributed by atoms with E-state index in [0.717, 1.165) is 51.3 Å². The minimum absolute atomic E-state index is 0.540. The maximum atomic E-state index is 5.77. The molecule has 2 heterocycles. The van der Waals surface area contributed by atoms with Gasteiger partial charge in [0.25, 0.3) is 0 Å². The van der Waals surface area contributed by atoms with Gasteiger partial charge in [-0.25, -0.2) is 9.97 Å². The van der Waals surface area contributed by atoms with E-state index in [1.165, 1.54) is 5.57 Å². The predicted octanol–water partition coefficient (Wildman–Crippen LogP) is 2.81. The second kappa shape index (κ2) is 7.53. The van der Waals surface area contributed by atoms with Crippen LogP contribution in [0.25, 0.3) is 5.57 Å². The van der Waals surface area contributed by atoms with Crippen LogP contribution in [0.4, 0.5) is 0 Å². The van der Waals surface area contributed by atoms with Crippen molar-refractivity contribution in [2.45, 2.75) is 12.8 Å². The minimum Gasteiger partial charge on any atom is -0.379 e. The van der Waals surface area contributed by atoms with E-state index >= 15 is 0 Å². The normalized spacial score (nSPS) is 16.1. The highest BCUT2D eigenvalue weighted by Gasteiger charge is 2.11. The van der Waals surface area contributed by atoms with Crippen LogP contribution in [0, 0.1) is 0 Å². The number of allylic oxidation sites excluding steroid dienone is 1. The third-order valence-corrected chi connectivity index (χ3v) is 3.46. The topological polar surface area (TPSA) is 38.2 Å². The molecule has 0 N–H and O–H groups in total. The zero-order valence-corrected chi connectivity index (χ0v) is 12.4. The van der Waals surface area contributed by atoms with Crippen molar-refractivity contribution in [1.29, 1.82) is 0 Å². The van der Waals surface area contributed by atoms with E-state index in [1.54, 1.807) is 12.4 Å². The lowest BCUT2D eigenvalue weighted by Gasteiger charge is -2.27. The van der Waals surface area contributed by atoms with Gasteiger partial charge in [-0.2, -0.15) is 0 Å². The van der Waals surface area contributed by atoms with Gasteiger partial charge in [0.1, 0.15) is 0 Å². The van der Waals surface area contributed by atoms with E-state index < -0.39 is 0 Å². The van der Waals surface area contributed by atoms with Gasteiger partial charge in [-0.1, -0.05) is 30.3 Å². The summed E-state index contributed by atoms with van der Waals surface area (Å²) in [5, 5.41) is 0.540. The van der Waals surface area contributed by atoms with Crippen LogP contribution < -0.4 is 0 Å². The fourth-order valence-corrected chi connectivity index (χ4v) is 2.19. The van der Waals surface area contributed by atoms with E-state index in [9.17, 15) is 0 Å². The highest BCUT2D eigenvalue weighted by molar-refractivity contribution is 6.30. The van der Waals surface area contributed by atoms with Gasteiger partial charge in [-0.3, -0.25) is 4.90 Å². The van der Waals surface area contributed by atoms with Crippen molar-refractivity contribution < 1.29 is 4.74 Å². The Bertz CT molecular complexity index is 467. The van der Waals surface area contributed by atoms with Gasteiger partial charge in [0, 0.05) is 32.0 Å². The van der Waals surface area contributed by atoms with Crippen LogP contribution in [0.5, 0.6) is 0 Å². The molecule has 0 unspecified atom stereocenters. The molecule has 1 aliphatic rings. The number of aromatic nitrogens is 2. The first kappa shape index (κ1) is 15.2. The summed E-state index contributed by atoms with van der Waals surface area (Å²) in [6, 6.07) is 0. The van der Waals surface area contributed by atoms with Crippen LogP contribution in [0.3, 0.4) is 0 Å². The van der Waals surface area contributed by atoms with Crippen molar-refractivity contribution >= 4 is 17.2 Å². The quantitative estimate of drug-likeness (QED) is 0.756. The molecule has 2 rings (SSSR count). The Morgan fingerprint density at radius 1 is 1.20 bits per heavy atom. The summed E-state index contributed by atoms with van der Waals surface area (Å²) >= 11 is 5.77. The maximum Gasteiger partial charge on any atom is 0.154 e. The number of rotatable bonds is 6. The molecule has 0 aromatic carbocycles. The Kier molecular flexibility index (Phi) is 5.71. The molecule has 0 aliphatic carbocycles. The summed E-state index contributed by atoms with van der Waals surface area (Å²) in [4.78, 5) is 10.7. The number of nitrogens with zero attached hydrogens (tertiary/aromatic N) is 3. The highest BCUT2D eigenvalue weighted by Crippen LogP contribution is 2.18. The Morgan fingerprint density at radius 3 is 2.50 bits per heavy atom. The monoisotopic (exact) mass is 293 g/mol. The first-order chi connectivity index (χ1) is 9.65. The molecule has 1 aromatic rings. The average Bonchev–Trinajstić information content (AvgIpc) is 2.46. The number of hydrogen-bond acceptors (Lipinski definition) is 4. The number of ether oxygens (including phenoxy) is 1. The second-order valence-electron chi connectivity index (χ2n) is 4.97. The minimum atomic E-state index is 0.540. The zero-order valence-electron chi connectivity index (χ0n) is 11.6. The van der Waals surface area contributed by atoms with Gasteiger partial charge in [0.05, 0.1) is 18.2 Å². The molecule has 0 amide bonds. The van der Waals surface area contributed by atoms with E-state index in [0.29, 0.717) is 10.8 Å². The molecule has 0 bridgehead atoms. The van der Waals surface area contributed by atoms with Gasteiger partial charge in [0.15, 0.2) is 5.82 Å². The lowest BCUT2D eigenvalue weighted by atomic mass is 10.1. The third kappa shape index (κ3) is 4.71. The van der Waals surface area contributed by atoms with E-state index in [4.69, 9.17) is 16.3 Å². The number of morpholine rings is 1. The number of hydrogen-bond donors (Lipinski definition) is 0. The van der Waals surface area contributed by atoms with E-state index in [-0.39, 0.29) is 0 Å². The molecular formula is C15H20ClN3O. The van der Waals surface area contributed by atoms with Crippen molar-refractivity contribution in [2.75, 3.05) is 32.8 Å².